The first-order chi connectivity index (χ1) is 5.19. The number of nitrogens with one attached hydrogen (secondary N) is 1. The molecule has 4 N–H and O–H groups in total. The predicted octanol–water partition coefficient (Wildman–Crippen LogP) is -1.77. The van der Waals surface area contributed by atoms with Crippen molar-refractivity contribution in [3.63, 3.8) is 0 Å². The zero-order valence-electron chi connectivity index (χ0n) is 5.64. The lowest BCUT2D eigenvalue weighted by molar-refractivity contribution is 0.476. The first-order valence-electron chi connectivity index (χ1n) is 2.51. The van der Waals surface area contributed by atoms with E-state index in [0.29, 0.717) is 0 Å². The zero-order valence-corrected chi connectivity index (χ0v) is 8.03. The van der Waals surface area contributed by atoms with E-state index in [1.54, 1.807) is 4.84 Å². The van der Waals surface area contributed by atoms with Gasteiger partial charge < -0.3 is 0 Å². The fourth-order valence-electron chi connectivity index (χ4n) is 0.454. The molecule has 74 valence electrons. The average Bonchev–Trinajstić information content (AvgIpc) is 1.77. The summed E-state index contributed by atoms with van der Waals surface area (Å²) in [5.74, 6) is 0. The van der Waals surface area contributed by atoms with Crippen molar-refractivity contribution >= 4 is 31.9 Å². The summed E-state index contributed by atoms with van der Waals surface area (Å²) < 4.78 is 48.0. The third-order valence-corrected chi connectivity index (χ3v) is 4.36. The van der Waals surface area contributed by atoms with Gasteiger partial charge in [0.2, 0.25) is 14.6 Å². The molecule has 0 aromatic carbocycles. The molecule has 0 saturated heterocycles. The number of primary sulfonamides is 1. The number of hydrogen-bond acceptors (Lipinski definition) is 5. The van der Waals surface area contributed by atoms with Gasteiger partial charge in [-0.3, -0.25) is 4.55 Å². The van der Waals surface area contributed by atoms with Crippen molar-refractivity contribution in [3.8, 4) is 0 Å². The Morgan fingerprint density at radius 1 is 1.42 bits per heavy atom. The fraction of sp³-hybridized carbons (Fsp3) is 1.00. The van der Waals surface area contributed by atoms with Crippen LogP contribution in [0.1, 0.15) is 0 Å². The van der Waals surface area contributed by atoms with Gasteiger partial charge in [-0.1, -0.05) is 0 Å². The third-order valence-electron chi connectivity index (χ3n) is 0.942. The largest absolute Gasteiger partial charge is 0.285 e. The van der Waals surface area contributed by atoms with E-state index in [0.717, 1.165) is 0 Å². The van der Waals surface area contributed by atoms with Crippen molar-refractivity contribution in [1.29, 1.82) is 0 Å². The van der Waals surface area contributed by atoms with Crippen molar-refractivity contribution in [1.82, 2.24) is 4.84 Å². The molecule has 1 atom stereocenters. The van der Waals surface area contributed by atoms with E-state index >= 15 is 0 Å². The van der Waals surface area contributed by atoms with Gasteiger partial charge in [0, 0.05) is 6.54 Å². The van der Waals surface area contributed by atoms with Crippen LogP contribution in [-0.2, 0) is 20.1 Å². The van der Waals surface area contributed by atoms with Crippen LogP contribution in [0.15, 0.2) is 0 Å². The maximum absolute atomic E-state index is 10.5. The normalized spacial score (nSPS) is 15.9. The van der Waals surface area contributed by atoms with Gasteiger partial charge in [0.15, 0.2) is 0 Å². The Balaban J connectivity index is 4.97. The standard InChI is InChI=1S/C2H7ClN2O5S2/c3-5-1-2(11(4,6)7)12(8,9)10/h2,5H,1H2,(H2,4,6,7)(H,8,9,10). The highest BCUT2D eigenvalue weighted by molar-refractivity contribution is 8.05. The molecule has 7 nitrogen and oxygen atoms in total. The van der Waals surface area contributed by atoms with Crippen LogP contribution in [0.3, 0.4) is 0 Å². The number of halogens is 1. The van der Waals surface area contributed by atoms with E-state index in [-0.39, 0.29) is 0 Å². The van der Waals surface area contributed by atoms with E-state index in [2.05, 4.69) is 5.14 Å². The minimum absolute atomic E-state index is 0.681. The molecule has 0 rings (SSSR count). The van der Waals surface area contributed by atoms with Crippen LogP contribution in [0.25, 0.3) is 0 Å². The van der Waals surface area contributed by atoms with E-state index in [9.17, 15) is 16.8 Å². The molecule has 0 aliphatic heterocycles. The molecule has 1 unspecified atom stereocenters. The highest BCUT2D eigenvalue weighted by Gasteiger charge is 2.33. The highest BCUT2D eigenvalue weighted by Crippen LogP contribution is 2.03. The lowest BCUT2D eigenvalue weighted by Crippen LogP contribution is -2.40. The second-order valence-corrected chi connectivity index (χ2v) is 5.78. The van der Waals surface area contributed by atoms with Crippen molar-refractivity contribution < 1.29 is 21.4 Å². The molecule has 10 heteroatoms. The molecule has 0 radical (unpaired) electrons. The third kappa shape index (κ3) is 3.65. The number of nitrogens with two attached hydrogens (primary N) is 1. The van der Waals surface area contributed by atoms with E-state index < -0.39 is 31.3 Å². The second-order valence-electron chi connectivity index (χ2n) is 1.87. The Labute approximate surface area is 74.8 Å². The van der Waals surface area contributed by atoms with Gasteiger partial charge in [0.1, 0.15) is 0 Å². The van der Waals surface area contributed by atoms with Gasteiger partial charge in [-0.05, 0) is 11.8 Å². The molecule has 0 aliphatic carbocycles. The zero-order chi connectivity index (χ0) is 9.99. The molecular formula is C2H7ClN2O5S2. The van der Waals surface area contributed by atoms with Crippen LogP contribution in [0.5, 0.6) is 0 Å². The fourth-order valence-corrected chi connectivity index (χ4v) is 2.76. The van der Waals surface area contributed by atoms with Crippen molar-refractivity contribution in [2.24, 2.45) is 5.14 Å². The number of rotatable bonds is 4. The van der Waals surface area contributed by atoms with Crippen molar-refractivity contribution in [3.05, 3.63) is 0 Å². The minimum Gasteiger partial charge on any atom is -0.284 e. The Morgan fingerprint density at radius 3 is 1.92 bits per heavy atom. The van der Waals surface area contributed by atoms with Gasteiger partial charge in [-0.2, -0.15) is 8.42 Å². The van der Waals surface area contributed by atoms with Gasteiger partial charge in [-0.25, -0.2) is 18.4 Å². The van der Waals surface area contributed by atoms with Crippen LogP contribution in [0.4, 0.5) is 0 Å². The maximum Gasteiger partial charge on any atom is 0.285 e. The molecule has 0 aromatic rings. The summed E-state index contributed by atoms with van der Waals surface area (Å²) in [6.07, 6.45) is 0. The quantitative estimate of drug-likeness (QED) is 0.393. The Bertz CT molecular complexity index is 300. The Kier molecular flexibility index (Phi) is 3.87. The summed E-state index contributed by atoms with van der Waals surface area (Å²) >= 11 is 4.86. The van der Waals surface area contributed by atoms with Crippen LogP contribution in [0, 0.1) is 0 Å². The summed E-state index contributed by atoms with van der Waals surface area (Å²) in [7, 11) is -9.11. The van der Waals surface area contributed by atoms with Crippen LogP contribution >= 0.6 is 11.8 Å². The van der Waals surface area contributed by atoms with Gasteiger partial charge in [0.05, 0.1) is 0 Å². The molecule has 0 spiro atoms. The van der Waals surface area contributed by atoms with E-state index in [1.807, 2.05) is 0 Å². The summed E-state index contributed by atoms with van der Waals surface area (Å²) in [6, 6.07) is 0. The van der Waals surface area contributed by atoms with Gasteiger partial charge in [-0.15, -0.1) is 0 Å². The predicted molar refractivity (Wildman–Crippen MR) is 42.3 cm³/mol. The number of sulfonamides is 1. The molecule has 12 heavy (non-hydrogen) atoms. The lowest BCUT2D eigenvalue weighted by atomic mass is 10.8. The van der Waals surface area contributed by atoms with Crippen LogP contribution in [0.2, 0.25) is 0 Å². The topological polar surface area (TPSA) is 127 Å². The molecule has 0 bridgehead atoms. The monoisotopic (exact) mass is 238 g/mol. The second kappa shape index (κ2) is 3.85. The first-order valence-corrected chi connectivity index (χ1v) is 6.00. The number of hydrogen-bond donors (Lipinski definition) is 3. The molecule has 0 amide bonds. The Morgan fingerprint density at radius 2 is 1.83 bits per heavy atom. The Hall–Kier alpha value is 0.0700. The maximum atomic E-state index is 10.5. The molecular weight excluding hydrogens is 232 g/mol. The van der Waals surface area contributed by atoms with Gasteiger partial charge in [0.25, 0.3) is 10.1 Å². The van der Waals surface area contributed by atoms with E-state index in [4.69, 9.17) is 16.3 Å². The molecule has 0 saturated carbocycles. The summed E-state index contributed by atoms with van der Waals surface area (Å²) in [5, 5.41) is 4.49. The summed E-state index contributed by atoms with van der Waals surface area (Å²) in [4.78, 5) is 1.75. The van der Waals surface area contributed by atoms with Crippen molar-refractivity contribution in [2.45, 2.75) is 4.58 Å². The SMILES string of the molecule is NS(=O)(=O)C(CNCl)S(=O)(=O)O. The summed E-state index contributed by atoms with van der Waals surface area (Å²) in [5.41, 5.74) is 0. The molecule has 0 fully saturated rings. The average molecular weight is 239 g/mol. The smallest absolute Gasteiger partial charge is 0.284 e. The minimum atomic E-state index is -4.74. The van der Waals surface area contributed by atoms with Gasteiger partial charge >= 0.3 is 0 Å². The van der Waals surface area contributed by atoms with E-state index in [1.165, 1.54) is 0 Å². The highest BCUT2D eigenvalue weighted by atomic mass is 35.5. The lowest BCUT2D eigenvalue weighted by Gasteiger charge is -2.08. The molecule has 0 heterocycles. The molecule has 0 aliphatic rings. The van der Waals surface area contributed by atoms with Crippen LogP contribution < -0.4 is 9.97 Å². The van der Waals surface area contributed by atoms with Crippen molar-refractivity contribution in [2.75, 3.05) is 6.54 Å². The molecule has 0 aromatic heterocycles. The van der Waals surface area contributed by atoms with Crippen LogP contribution in [-0.4, -0.2) is 32.5 Å². The summed E-state index contributed by atoms with van der Waals surface area (Å²) in [6.45, 7) is -0.681. The first kappa shape index (κ1) is 12.1.